The number of carbonyl (C=O) groups excluding carboxylic acids is 1. The Morgan fingerprint density at radius 3 is 2.44 bits per heavy atom. The van der Waals surface area contributed by atoms with Gasteiger partial charge in [0.15, 0.2) is 5.78 Å². The highest BCUT2D eigenvalue weighted by molar-refractivity contribution is 6.30. The number of hydrogen-bond acceptors (Lipinski definition) is 2. The van der Waals surface area contributed by atoms with Crippen LogP contribution in [0, 0.1) is 5.82 Å². The molecule has 16 heavy (non-hydrogen) atoms. The molecular formula is C9H5ClF4O2. The highest BCUT2D eigenvalue weighted by atomic mass is 35.5. The lowest BCUT2D eigenvalue weighted by Gasteiger charge is -2.09. The van der Waals surface area contributed by atoms with E-state index >= 15 is 0 Å². The van der Waals surface area contributed by atoms with Gasteiger partial charge in [0, 0.05) is 11.6 Å². The molecular weight excluding hydrogens is 252 g/mol. The smallest absolute Gasteiger partial charge is 0.406 e. The first kappa shape index (κ1) is 12.8. The first-order valence-electron chi connectivity index (χ1n) is 3.97. The Hall–Kier alpha value is -1.30. The second kappa shape index (κ2) is 4.69. The molecule has 0 fully saturated rings. The number of benzene rings is 1. The molecule has 0 aliphatic carbocycles. The van der Waals surface area contributed by atoms with Gasteiger partial charge in [-0.3, -0.25) is 4.79 Å². The zero-order chi connectivity index (χ0) is 12.3. The van der Waals surface area contributed by atoms with E-state index in [1.54, 1.807) is 0 Å². The minimum Gasteiger partial charge on any atom is -0.406 e. The van der Waals surface area contributed by atoms with Crippen LogP contribution in [0.1, 0.15) is 10.4 Å². The Morgan fingerprint density at radius 2 is 1.94 bits per heavy atom. The summed E-state index contributed by atoms with van der Waals surface area (Å²) >= 11 is 5.19. The summed E-state index contributed by atoms with van der Waals surface area (Å²) in [5.74, 6) is -2.93. The molecule has 0 bridgehead atoms. The fourth-order valence-corrected chi connectivity index (χ4v) is 1.15. The molecule has 0 N–H and O–H groups in total. The van der Waals surface area contributed by atoms with Gasteiger partial charge in [0.05, 0.1) is 5.88 Å². The normalized spacial score (nSPS) is 11.3. The summed E-state index contributed by atoms with van der Waals surface area (Å²) in [6, 6.07) is 2.09. The van der Waals surface area contributed by atoms with Gasteiger partial charge < -0.3 is 4.74 Å². The molecule has 0 radical (unpaired) electrons. The lowest BCUT2D eigenvalue weighted by molar-refractivity contribution is -0.274. The number of ether oxygens (including phenoxy) is 1. The van der Waals surface area contributed by atoms with Gasteiger partial charge in [0.25, 0.3) is 0 Å². The topological polar surface area (TPSA) is 26.3 Å². The van der Waals surface area contributed by atoms with Gasteiger partial charge in [0.1, 0.15) is 11.6 Å². The third-order valence-electron chi connectivity index (χ3n) is 1.55. The Balaban J connectivity index is 3.03. The van der Waals surface area contributed by atoms with Crippen molar-refractivity contribution in [3.8, 4) is 5.75 Å². The van der Waals surface area contributed by atoms with Crippen LogP contribution in [0.4, 0.5) is 17.6 Å². The van der Waals surface area contributed by atoms with Gasteiger partial charge in [-0.15, -0.1) is 24.8 Å². The van der Waals surface area contributed by atoms with Crippen molar-refractivity contribution in [2.45, 2.75) is 6.36 Å². The van der Waals surface area contributed by atoms with E-state index in [4.69, 9.17) is 11.6 Å². The van der Waals surface area contributed by atoms with Crippen LogP contribution in [0.15, 0.2) is 18.2 Å². The van der Waals surface area contributed by atoms with Crippen LogP contribution < -0.4 is 4.74 Å². The predicted molar refractivity (Wildman–Crippen MR) is 48.1 cm³/mol. The minimum atomic E-state index is -4.94. The predicted octanol–water partition coefficient (Wildman–Crippen LogP) is 3.15. The molecule has 0 amide bonds. The lowest BCUT2D eigenvalue weighted by Crippen LogP contribution is -2.17. The molecule has 0 atom stereocenters. The Kier molecular flexibility index (Phi) is 3.74. The first-order chi connectivity index (χ1) is 7.31. The molecule has 0 heterocycles. The maximum absolute atomic E-state index is 12.9. The fourth-order valence-electron chi connectivity index (χ4n) is 0.993. The van der Waals surface area contributed by atoms with Crippen molar-refractivity contribution >= 4 is 17.4 Å². The molecule has 1 rings (SSSR count). The van der Waals surface area contributed by atoms with Crippen molar-refractivity contribution < 1.29 is 27.1 Å². The number of Topliss-reactive ketones (excluding diaryl/α,β-unsaturated/α-hetero) is 1. The zero-order valence-corrected chi connectivity index (χ0v) is 8.40. The molecule has 0 unspecified atom stereocenters. The van der Waals surface area contributed by atoms with Gasteiger partial charge in [-0.2, -0.15) is 0 Å². The molecule has 0 saturated heterocycles. The van der Waals surface area contributed by atoms with Crippen molar-refractivity contribution in [2.24, 2.45) is 0 Å². The van der Waals surface area contributed by atoms with E-state index in [0.29, 0.717) is 6.07 Å². The lowest BCUT2D eigenvalue weighted by atomic mass is 10.1. The molecule has 1 aromatic rings. The van der Waals surface area contributed by atoms with E-state index in [0.717, 1.165) is 12.1 Å². The Labute approximate surface area is 92.8 Å². The number of carbonyl (C=O) groups is 1. The second-order valence-electron chi connectivity index (χ2n) is 2.78. The van der Waals surface area contributed by atoms with E-state index < -0.39 is 29.6 Å². The number of rotatable bonds is 3. The Bertz CT molecular complexity index is 403. The Morgan fingerprint density at radius 1 is 1.31 bits per heavy atom. The van der Waals surface area contributed by atoms with Gasteiger partial charge in [-0.25, -0.2) is 4.39 Å². The third kappa shape index (κ3) is 3.69. The summed E-state index contributed by atoms with van der Waals surface area (Å²) in [5, 5.41) is 0. The van der Waals surface area contributed by atoms with E-state index in [2.05, 4.69) is 4.74 Å². The van der Waals surface area contributed by atoms with Crippen molar-refractivity contribution in [1.29, 1.82) is 0 Å². The van der Waals surface area contributed by atoms with Crippen LogP contribution in [0.3, 0.4) is 0 Å². The number of alkyl halides is 4. The molecule has 2 nitrogen and oxygen atoms in total. The standard InChI is InChI=1S/C9H5ClF4O2/c10-4-8(15)5-1-6(11)3-7(2-5)16-9(12,13)14/h1-3H,4H2. The summed E-state index contributed by atoms with van der Waals surface area (Å²) in [7, 11) is 0. The highest BCUT2D eigenvalue weighted by Crippen LogP contribution is 2.24. The molecule has 88 valence electrons. The SMILES string of the molecule is O=C(CCl)c1cc(F)cc(OC(F)(F)F)c1. The molecule has 1 aromatic carbocycles. The van der Waals surface area contributed by atoms with Gasteiger partial charge in [-0.1, -0.05) is 0 Å². The molecule has 0 saturated carbocycles. The third-order valence-corrected chi connectivity index (χ3v) is 1.79. The van der Waals surface area contributed by atoms with E-state index in [-0.39, 0.29) is 5.56 Å². The molecule has 0 aromatic heterocycles. The van der Waals surface area contributed by atoms with Crippen molar-refractivity contribution in [3.63, 3.8) is 0 Å². The van der Waals surface area contributed by atoms with E-state index in [9.17, 15) is 22.4 Å². The number of hydrogen-bond donors (Lipinski definition) is 0. The number of ketones is 1. The van der Waals surface area contributed by atoms with Gasteiger partial charge in [0.2, 0.25) is 0 Å². The molecule has 0 spiro atoms. The number of halogens is 5. The maximum atomic E-state index is 12.9. The van der Waals surface area contributed by atoms with Crippen molar-refractivity contribution in [1.82, 2.24) is 0 Å². The fraction of sp³-hybridized carbons (Fsp3) is 0.222. The summed E-state index contributed by atoms with van der Waals surface area (Å²) < 4.78 is 51.8. The van der Waals surface area contributed by atoms with Crippen LogP contribution >= 0.6 is 11.6 Å². The highest BCUT2D eigenvalue weighted by Gasteiger charge is 2.31. The largest absolute Gasteiger partial charge is 0.573 e. The average molecular weight is 257 g/mol. The zero-order valence-electron chi connectivity index (χ0n) is 7.65. The van der Waals surface area contributed by atoms with E-state index in [1.165, 1.54) is 0 Å². The average Bonchev–Trinajstić information content (AvgIpc) is 2.12. The molecule has 7 heteroatoms. The van der Waals surface area contributed by atoms with E-state index in [1.807, 2.05) is 0 Å². The molecule has 0 aliphatic rings. The van der Waals surface area contributed by atoms with Crippen molar-refractivity contribution in [2.75, 3.05) is 5.88 Å². The summed E-state index contributed by atoms with van der Waals surface area (Å²) in [4.78, 5) is 11.0. The van der Waals surface area contributed by atoms with Gasteiger partial charge >= 0.3 is 6.36 Å². The van der Waals surface area contributed by atoms with Crippen LogP contribution in [0.2, 0.25) is 0 Å². The first-order valence-corrected chi connectivity index (χ1v) is 4.51. The van der Waals surface area contributed by atoms with Crippen molar-refractivity contribution in [3.05, 3.63) is 29.6 Å². The second-order valence-corrected chi connectivity index (χ2v) is 3.05. The van der Waals surface area contributed by atoms with Gasteiger partial charge in [-0.05, 0) is 12.1 Å². The monoisotopic (exact) mass is 256 g/mol. The van der Waals surface area contributed by atoms with Crippen LogP contribution in [0.5, 0.6) is 5.75 Å². The minimum absolute atomic E-state index is 0.269. The van der Waals surface area contributed by atoms with Crippen LogP contribution in [-0.2, 0) is 0 Å². The quantitative estimate of drug-likeness (QED) is 0.472. The molecule has 0 aliphatic heterocycles. The summed E-state index contributed by atoms with van der Waals surface area (Å²) in [5.41, 5.74) is -0.269. The van der Waals surface area contributed by atoms with Crippen LogP contribution in [-0.4, -0.2) is 18.0 Å². The summed E-state index contributed by atoms with van der Waals surface area (Å²) in [6.07, 6.45) is -4.94. The maximum Gasteiger partial charge on any atom is 0.573 e. The summed E-state index contributed by atoms with van der Waals surface area (Å²) in [6.45, 7) is 0. The van der Waals surface area contributed by atoms with Crippen LogP contribution in [0.25, 0.3) is 0 Å².